The molecule has 0 aliphatic carbocycles. The number of halogens is 1. The number of benzene rings is 3. The van der Waals surface area contributed by atoms with Gasteiger partial charge in [-0.1, -0.05) is 41.9 Å². The van der Waals surface area contributed by atoms with Gasteiger partial charge in [-0.2, -0.15) is 0 Å². The lowest BCUT2D eigenvalue weighted by atomic mass is 10.2. The molecule has 0 spiro atoms. The van der Waals surface area contributed by atoms with Gasteiger partial charge in [0, 0.05) is 22.5 Å². The molecule has 1 amide bonds. The molecular weight excluding hydrogens is 436 g/mol. The van der Waals surface area contributed by atoms with E-state index in [0.717, 1.165) is 5.56 Å². The van der Waals surface area contributed by atoms with E-state index in [4.69, 9.17) is 16.3 Å². The summed E-state index contributed by atoms with van der Waals surface area (Å²) in [6.07, 6.45) is 0. The van der Waals surface area contributed by atoms with Gasteiger partial charge in [0.2, 0.25) is 9.84 Å². The number of nitrogens with one attached hydrogen (secondary N) is 2. The SMILES string of the molecule is COc1ccc(CNC(=O)c2[nH]c3ccc(Cl)cc3c2S(=O)(=O)c2ccccc2)cc1. The molecule has 0 bridgehead atoms. The van der Waals surface area contributed by atoms with Crippen molar-refractivity contribution >= 4 is 38.2 Å². The van der Waals surface area contributed by atoms with E-state index in [1.54, 1.807) is 55.6 Å². The second-order valence-corrected chi connectivity index (χ2v) is 9.19. The van der Waals surface area contributed by atoms with Crippen molar-refractivity contribution in [3.63, 3.8) is 0 Å². The van der Waals surface area contributed by atoms with E-state index in [-0.39, 0.29) is 22.0 Å². The summed E-state index contributed by atoms with van der Waals surface area (Å²) < 4.78 is 32.0. The van der Waals surface area contributed by atoms with Gasteiger partial charge >= 0.3 is 0 Å². The Bertz CT molecular complexity index is 1350. The highest BCUT2D eigenvalue weighted by Crippen LogP contribution is 2.33. The molecule has 158 valence electrons. The van der Waals surface area contributed by atoms with Gasteiger partial charge in [-0.3, -0.25) is 4.79 Å². The number of hydrogen-bond donors (Lipinski definition) is 2. The number of carbonyl (C=O) groups is 1. The van der Waals surface area contributed by atoms with E-state index in [2.05, 4.69) is 10.3 Å². The van der Waals surface area contributed by atoms with Crippen LogP contribution in [0, 0.1) is 0 Å². The maximum Gasteiger partial charge on any atom is 0.269 e. The highest BCUT2D eigenvalue weighted by Gasteiger charge is 2.29. The summed E-state index contributed by atoms with van der Waals surface area (Å²) >= 11 is 6.12. The first-order chi connectivity index (χ1) is 14.9. The van der Waals surface area contributed by atoms with Crippen molar-refractivity contribution in [1.29, 1.82) is 0 Å². The van der Waals surface area contributed by atoms with Crippen molar-refractivity contribution in [2.45, 2.75) is 16.3 Å². The molecule has 4 rings (SSSR count). The summed E-state index contributed by atoms with van der Waals surface area (Å²) in [6.45, 7) is 0.226. The number of hydrogen-bond acceptors (Lipinski definition) is 4. The predicted octanol–water partition coefficient (Wildman–Crippen LogP) is 4.59. The van der Waals surface area contributed by atoms with E-state index in [9.17, 15) is 13.2 Å². The Balaban J connectivity index is 1.75. The first kappa shape index (κ1) is 21.0. The van der Waals surface area contributed by atoms with Crippen molar-refractivity contribution in [2.75, 3.05) is 7.11 Å². The molecule has 3 aromatic carbocycles. The molecule has 0 saturated carbocycles. The van der Waals surface area contributed by atoms with E-state index in [0.29, 0.717) is 21.7 Å². The van der Waals surface area contributed by atoms with Crippen LogP contribution in [0.1, 0.15) is 16.1 Å². The smallest absolute Gasteiger partial charge is 0.269 e. The maximum atomic E-state index is 13.4. The van der Waals surface area contributed by atoms with Gasteiger partial charge in [0.1, 0.15) is 16.3 Å². The number of aromatic amines is 1. The van der Waals surface area contributed by atoms with Crippen molar-refractivity contribution in [2.24, 2.45) is 0 Å². The summed E-state index contributed by atoms with van der Waals surface area (Å²) in [4.78, 5) is 16.0. The zero-order valence-electron chi connectivity index (χ0n) is 16.6. The van der Waals surface area contributed by atoms with Crippen LogP contribution < -0.4 is 10.1 Å². The fourth-order valence-corrected chi connectivity index (χ4v) is 5.10. The lowest BCUT2D eigenvalue weighted by Crippen LogP contribution is -2.25. The molecule has 2 N–H and O–H groups in total. The molecule has 0 aliphatic rings. The largest absolute Gasteiger partial charge is 0.497 e. The molecule has 0 aliphatic heterocycles. The van der Waals surface area contributed by atoms with Crippen molar-refractivity contribution in [1.82, 2.24) is 10.3 Å². The van der Waals surface area contributed by atoms with Gasteiger partial charge in [0.15, 0.2) is 0 Å². The van der Waals surface area contributed by atoms with E-state index >= 15 is 0 Å². The van der Waals surface area contributed by atoms with Gasteiger partial charge < -0.3 is 15.0 Å². The van der Waals surface area contributed by atoms with Crippen molar-refractivity contribution in [3.8, 4) is 5.75 Å². The third kappa shape index (κ3) is 4.15. The zero-order chi connectivity index (χ0) is 22.0. The number of aromatic nitrogens is 1. The van der Waals surface area contributed by atoms with E-state index in [1.807, 2.05) is 12.1 Å². The van der Waals surface area contributed by atoms with E-state index < -0.39 is 15.7 Å². The molecule has 4 aromatic rings. The molecule has 0 fully saturated rings. The number of fused-ring (bicyclic) bond motifs is 1. The van der Waals surface area contributed by atoms with Crippen LogP contribution in [0.4, 0.5) is 0 Å². The van der Waals surface area contributed by atoms with Crippen LogP contribution in [0.5, 0.6) is 5.75 Å². The summed E-state index contributed by atoms with van der Waals surface area (Å²) in [6, 6.07) is 20.1. The molecule has 0 atom stereocenters. The Morgan fingerprint density at radius 1 is 1.03 bits per heavy atom. The standard InChI is InChI=1S/C23H19ClN2O4S/c1-30-17-10-7-15(8-11-17)14-25-23(27)21-22(19-13-16(24)9-12-20(19)26-21)31(28,29)18-5-3-2-4-6-18/h2-13,26H,14H2,1H3,(H,25,27). The van der Waals surface area contributed by atoms with Crippen LogP contribution in [0.3, 0.4) is 0 Å². The highest BCUT2D eigenvalue weighted by atomic mass is 35.5. The van der Waals surface area contributed by atoms with Crippen molar-refractivity contribution < 1.29 is 17.9 Å². The molecule has 0 saturated heterocycles. The topological polar surface area (TPSA) is 88.3 Å². The summed E-state index contributed by atoms with van der Waals surface area (Å²) in [5.41, 5.74) is 1.32. The average molecular weight is 455 g/mol. The predicted molar refractivity (Wildman–Crippen MR) is 119 cm³/mol. The molecular formula is C23H19ClN2O4S. The molecule has 0 radical (unpaired) electrons. The number of amides is 1. The van der Waals surface area contributed by atoms with Gasteiger partial charge in [-0.15, -0.1) is 0 Å². The van der Waals surface area contributed by atoms with Crippen LogP contribution >= 0.6 is 11.6 Å². The Morgan fingerprint density at radius 2 is 1.74 bits per heavy atom. The lowest BCUT2D eigenvalue weighted by molar-refractivity contribution is 0.0943. The summed E-state index contributed by atoms with van der Waals surface area (Å²) in [7, 11) is -2.40. The minimum absolute atomic E-state index is 0.0327. The zero-order valence-corrected chi connectivity index (χ0v) is 18.1. The fraction of sp³-hybridized carbons (Fsp3) is 0.0870. The highest BCUT2D eigenvalue weighted by molar-refractivity contribution is 7.91. The fourth-order valence-electron chi connectivity index (χ4n) is 3.31. The molecule has 1 heterocycles. The Morgan fingerprint density at radius 3 is 2.42 bits per heavy atom. The van der Waals surface area contributed by atoms with Gasteiger partial charge in [-0.05, 0) is 48.0 Å². The number of carbonyl (C=O) groups excluding carboxylic acids is 1. The number of H-pyrrole nitrogens is 1. The average Bonchev–Trinajstić information content (AvgIpc) is 3.18. The first-order valence-electron chi connectivity index (χ1n) is 9.42. The molecule has 8 heteroatoms. The second kappa shape index (κ2) is 8.45. The van der Waals surface area contributed by atoms with Crippen LogP contribution in [0.2, 0.25) is 5.02 Å². The Kier molecular flexibility index (Phi) is 5.71. The van der Waals surface area contributed by atoms with Gasteiger partial charge in [0.05, 0.1) is 12.0 Å². The third-order valence-electron chi connectivity index (χ3n) is 4.87. The monoisotopic (exact) mass is 454 g/mol. The molecule has 6 nitrogen and oxygen atoms in total. The number of rotatable bonds is 6. The Hall–Kier alpha value is -3.29. The maximum absolute atomic E-state index is 13.4. The van der Waals surface area contributed by atoms with E-state index in [1.165, 1.54) is 12.1 Å². The third-order valence-corrected chi connectivity index (χ3v) is 6.96. The van der Waals surface area contributed by atoms with Crippen LogP contribution in [-0.4, -0.2) is 26.4 Å². The number of ether oxygens (including phenoxy) is 1. The lowest BCUT2D eigenvalue weighted by Gasteiger charge is -2.09. The number of sulfone groups is 1. The van der Waals surface area contributed by atoms with Crippen molar-refractivity contribution in [3.05, 3.63) is 89.1 Å². The van der Waals surface area contributed by atoms with Gasteiger partial charge in [0.25, 0.3) is 5.91 Å². The summed E-state index contributed by atoms with van der Waals surface area (Å²) in [5, 5.41) is 3.53. The second-order valence-electron chi connectivity index (χ2n) is 6.87. The molecule has 1 aromatic heterocycles. The van der Waals surface area contributed by atoms with Gasteiger partial charge in [-0.25, -0.2) is 8.42 Å². The van der Waals surface area contributed by atoms with Crippen LogP contribution in [0.25, 0.3) is 10.9 Å². The summed E-state index contributed by atoms with van der Waals surface area (Å²) in [5.74, 6) is 0.177. The van der Waals surface area contributed by atoms with Crippen LogP contribution in [-0.2, 0) is 16.4 Å². The molecule has 0 unspecified atom stereocenters. The Labute approximate surface area is 184 Å². The van der Waals surface area contributed by atoms with Crippen LogP contribution in [0.15, 0.2) is 82.6 Å². The normalized spacial score (nSPS) is 11.4. The minimum atomic E-state index is -3.97. The number of methoxy groups -OCH3 is 1. The minimum Gasteiger partial charge on any atom is -0.497 e. The quantitative estimate of drug-likeness (QED) is 0.446. The molecule has 31 heavy (non-hydrogen) atoms. The first-order valence-corrected chi connectivity index (χ1v) is 11.3.